The van der Waals surface area contributed by atoms with E-state index in [1.54, 1.807) is 0 Å². The van der Waals surface area contributed by atoms with E-state index in [9.17, 15) is 9.59 Å². The molecule has 5 heteroatoms. The highest BCUT2D eigenvalue weighted by atomic mass is 16.4. The lowest BCUT2D eigenvalue weighted by molar-refractivity contribution is -0.140. The number of carbonyl (C=O) groups is 2. The first-order valence-electron chi connectivity index (χ1n) is 5.26. The number of carboxylic acids is 1. The Bertz CT molecular complexity index is 423. The molecule has 0 aliphatic carbocycles. The fourth-order valence-corrected chi connectivity index (χ4v) is 1.49. The Morgan fingerprint density at radius 1 is 1.35 bits per heavy atom. The fourth-order valence-electron chi connectivity index (χ4n) is 1.49. The summed E-state index contributed by atoms with van der Waals surface area (Å²) in [6.45, 7) is 3.75. The summed E-state index contributed by atoms with van der Waals surface area (Å²) in [5.74, 6) is -1.57. The van der Waals surface area contributed by atoms with Crippen molar-refractivity contribution >= 4 is 17.6 Å². The Hall–Kier alpha value is -1.88. The molecule has 1 aromatic rings. The van der Waals surface area contributed by atoms with Crippen molar-refractivity contribution in [2.24, 2.45) is 5.73 Å². The van der Waals surface area contributed by atoms with Gasteiger partial charge < -0.3 is 16.2 Å². The topological polar surface area (TPSA) is 92.4 Å². The Morgan fingerprint density at radius 2 is 1.88 bits per heavy atom. The molecule has 0 aromatic heterocycles. The van der Waals surface area contributed by atoms with E-state index in [0.717, 1.165) is 16.8 Å². The molecule has 0 heterocycles. The van der Waals surface area contributed by atoms with E-state index in [1.807, 2.05) is 32.0 Å². The van der Waals surface area contributed by atoms with Gasteiger partial charge in [-0.15, -0.1) is 0 Å². The number of benzene rings is 1. The Kier molecular flexibility index (Phi) is 4.23. The zero-order valence-electron chi connectivity index (χ0n) is 9.86. The second-order valence-electron chi connectivity index (χ2n) is 3.96. The third-order valence-electron chi connectivity index (χ3n) is 2.47. The number of hydrogen-bond donors (Lipinski definition) is 3. The maximum atomic E-state index is 11.6. The van der Waals surface area contributed by atoms with Crippen LogP contribution in [0.2, 0.25) is 0 Å². The van der Waals surface area contributed by atoms with Crippen molar-refractivity contribution in [2.75, 3.05) is 5.32 Å². The van der Waals surface area contributed by atoms with E-state index in [1.165, 1.54) is 0 Å². The van der Waals surface area contributed by atoms with Crippen LogP contribution in [-0.4, -0.2) is 23.0 Å². The fraction of sp³-hybridized carbons (Fsp3) is 0.333. The number of anilines is 1. The number of para-hydroxylation sites is 1. The van der Waals surface area contributed by atoms with Crippen LogP contribution in [0.3, 0.4) is 0 Å². The van der Waals surface area contributed by atoms with Gasteiger partial charge in [0, 0.05) is 5.69 Å². The predicted octanol–water partition coefficient (Wildman–Crippen LogP) is 1.04. The van der Waals surface area contributed by atoms with Crippen LogP contribution in [0, 0.1) is 13.8 Å². The van der Waals surface area contributed by atoms with Crippen LogP contribution in [0.1, 0.15) is 17.5 Å². The van der Waals surface area contributed by atoms with E-state index >= 15 is 0 Å². The molecule has 1 aromatic carbocycles. The molecule has 0 radical (unpaired) electrons. The van der Waals surface area contributed by atoms with Crippen LogP contribution >= 0.6 is 0 Å². The van der Waals surface area contributed by atoms with Crippen LogP contribution in [0.4, 0.5) is 5.69 Å². The quantitative estimate of drug-likeness (QED) is 0.728. The lowest BCUT2D eigenvalue weighted by atomic mass is 10.1. The van der Waals surface area contributed by atoms with E-state index in [0.29, 0.717) is 0 Å². The van der Waals surface area contributed by atoms with Crippen molar-refractivity contribution in [2.45, 2.75) is 26.3 Å². The third-order valence-corrected chi connectivity index (χ3v) is 2.47. The minimum Gasteiger partial charge on any atom is -0.480 e. The Morgan fingerprint density at radius 3 is 2.35 bits per heavy atom. The summed E-state index contributed by atoms with van der Waals surface area (Å²) in [5.41, 5.74) is 7.87. The summed E-state index contributed by atoms with van der Waals surface area (Å²) in [4.78, 5) is 22.1. The summed E-state index contributed by atoms with van der Waals surface area (Å²) in [6.07, 6.45) is -0.233. The van der Waals surface area contributed by atoms with E-state index in [4.69, 9.17) is 10.8 Å². The van der Waals surface area contributed by atoms with Crippen LogP contribution in [0.25, 0.3) is 0 Å². The van der Waals surface area contributed by atoms with Gasteiger partial charge in [0.25, 0.3) is 0 Å². The minimum atomic E-state index is -1.18. The van der Waals surface area contributed by atoms with E-state index < -0.39 is 17.9 Å². The average Bonchev–Trinajstić information content (AvgIpc) is 2.23. The third kappa shape index (κ3) is 3.57. The smallest absolute Gasteiger partial charge is 0.321 e. The Labute approximate surface area is 99.6 Å². The molecule has 4 N–H and O–H groups in total. The molecule has 0 aliphatic heterocycles. The van der Waals surface area contributed by atoms with Gasteiger partial charge in [0.05, 0.1) is 6.42 Å². The summed E-state index contributed by atoms with van der Waals surface area (Å²) in [5, 5.41) is 11.3. The number of rotatable bonds is 4. The van der Waals surface area contributed by atoms with Gasteiger partial charge in [-0.3, -0.25) is 9.59 Å². The standard InChI is InChI=1S/C12H16N2O3/c1-7-4-3-5-8(2)11(7)14-10(15)6-9(13)12(16)17/h3-5,9H,6,13H2,1-2H3,(H,14,15)(H,16,17). The van der Waals surface area contributed by atoms with Crippen LogP contribution in [-0.2, 0) is 9.59 Å². The highest BCUT2D eigenvalue weighted by molar-refractivity contribution is 5.95. The number of aliphatic carboxylic acids is 1. The highest BCUT2D eigenvalue weighted by Gasteiger charge is 2.17. The molecule has 0 fully saturated rings. The molecule has 0 aliphatic rings. The number of nitrogens with two attached hydrogens (primary N) is 1. The van der Waals surface area contributed by atoms with Crippen molar-refractivity contribution in [3.05, 3.63) is 29.3 Å². The molecular weight excluding hydrogens is 220 g/mol. The zero-order valence-corrected chi connectivity index (χ0v) is 9.86. The molecule has 1 rings (SSSR count). The first-order valence-corrected chi connectivity index (χ1v) is 5.26. The molecule has 17 heavy (non-hydrogen) atoms. The number of amides is 1. The normalized spacial score (nSPS) is 11.9. The van der Waals surface area contributed by atoms with Gasteiger partial charge in [0.15, 0.2) is 0 Å². The molecular formula is C12H16N2O3. The van der Waals surface area contributed by atoms with Gasteiger partial charge in [-0.05, 0) is 25.0 Å². The lowest BCUT2D eigenvalue weighted by Crippen LogP contribution is -2.34. The molecule has 1 atom stereocenters. The van der Waals surface area contributed by atoms with Gasteiger partial charge in [0.1, 0.15) is 6.04 Å². The minimum absolute atomic E-state index is 0.233. The SMILES string of the molecule is Cc1cccc(C)c1NC(=O)CC(N)C(=O)O. The molecule has 1 amide bonds. The second kappa shape index (κ2) is 5.45. The molecule has 0 bridgehead atoms. The highest BCUT2D eigenvalue weighted by Crippen LogP contribution is 2.19. The largest absolute Gasteiger partial charge is 0.480 e. The van der Waals surface area contributed by atoms with Crippen LogP contribution < -0.4 is 11.1 Å². The molecule has 0 saturated carbocycles. The Balaban J connectivity index is 2.72. The maximum Gasteiger partial charge on any atom is 0.321 e. The van der Waals surface area contributed by atoms with Crippen molar-refractivity contribution < 1.29 is 14.7 Å². The lowest BCUT2D eigenvalue weighted by Gasteiger charge is -2.12. The van der Waals surface area contributed by atoms with E-state index in [-0.39, 0.29) is 6.42 Å². The summed E-state index contributed by atoms with van der Waals surface area (Å²) >= 11 is 0. The van der Waals surface area contributed by atoms with Crippen LogP contribution in [0.15, 0.2) is 18.2 Å². The maximum absolute atomic E-state index is 11.6. The number of carbonyl (C=O) groups excluding carboxylic acids is 1. The number of nitrogens with one attached hydrogen (secondary N) is 1. The van der Waals surface area contributed by atoms with Gasteiger partial charge in [-0.1, -0.05) is 18.2 Å². The molecule has 1 unspecified atom stereocenters. The number of hydrogen-bond acceptors (Lipinski definition) is 3. The molecule has 92 valence electrons. The molecule has 5 nitrogen and oxygen atoms in total. The van der Waals surface area contributed by atoms with Gasteiger partial charge in [-0.2, -0.15) is 0 Å². The predicted molar refractivity (Wildman–Crippen MR) is 64.8 cm³/mol. The summed E-state index contributed by atoms with van der Waals surface area (Å²) in [7, 11) is 0. The summed E-state index contributed by atoms with van der Waals surface area (Å²) in [6, 6.07) is 4.47. The van der Waals surface area contributed by atoms with Crippen molar-refractivity contribution in [1.82, 2.24) is 0 Å². The first kappa shape index (κ1) is 13.2. The average molecular weight is 236 g/mol. The van der Waals surface area contributed by atoms with Crippen LogP contribution in [0.5, 0.6) is 0 Å². The second-order valence-corrected chi connectivity index (χ2v) is 3.96. The molecule has 0 saturated heterocycles. The van der Waals surface area contributed by atoms with Crippen molar-refractivity contribution in [3.8, 4) is 0 Å². The van der Waals surface area contributed by atoms with Crippen molar-refractivity contribution in [3.63, 3.8) is 0 Å². The monoisotopic (exact) mass is 236 g/mol. The number of aryl methyl sites for hydroxylation is 2. The zero-order chi connectivity index (χ0) is 13.0. The van der Waals surface area contributed by atoms with Crippen molar-refractivity contribution in [1.29, 1.82) is 0 Å². The van der Waals surface area contributed by atoms with Gasteiger partial charge >= 0.3 is 5.97 Å². The summed E-state index contributed by atoms with van der Waals surface area (Å²) < 4.78 is 0. The van der Waals surface area contributed by atoms with Gasteiger partial charge in [0.2, 0.25) is 5.91 Å². The number of carboxylic acid groups (broad SMARTS) is 1. The van der Waals surface area contributed by atoms with E-state index in [2.05, 4.69) is 5.32 Å². The molecule has 0 spiro atoms. The van der Waals surface area contributed by atoms with Gasteiger partial charge in [-0.25, -0.2) is 0 Å². The first-order chi connectivity index (χ1) is 7.91.